The molecule has 8 nitrogen and oxygen atoms in total. The molecule has 3 aromatic rings. The second-order valence-electron chi connectivity index (χ2n) is 9.68. The molecule has 2 amide bonds. The van der Waals surface area contributed by atoms with E-state index in [-0.39, 0.29) is 23.4 Å². The highest BCUT2D eigenvalue weighted by Gasteiger charge is 2.32. The van der Waals surface area contributed by atoms with Crippen molar-refractivity contribution in [1.29, 1.82) is 0 Å². The number of sulfonamides is 1. The number of carbonyl (C=O) groups excluding carboxylic acids is 2. The summed E-state index contributed by atoms with van der Waals surface area (Å²) in [5.74, 6) is -0.259. The molecule has 0 aliphatic carbocycles. The van der Waals surface area contributed by atoms with E-state index in [1.165, 1.54) is 24.1 Å². The van der Waals surface area contributed by atoms with E-state index in [1.54, 1.807) is 43.3 Å². The number of carbonyl (C=O) groups is 2. The molecular formula is C30H37N3O5S. The highest BCUT2D eigenvalue weighted by Crippen LogP contribution is 2.26. The number of nitrogens with one attached hydrogen (secondary N) is 1. The summed E-state index contributed by atoms with van der Waals surface area (Å²) in [6.07, 6.45) is 0.516. The zero-order valence-electron chi connectivity index (χ0n) is 23.1. The maximum absolute atomic E-state index is 13.8. The first kappa shape index (κ1) is 29.7. The van der Waals surface area contributed by atoms with Gasteiger partial charge in [-0.05, 0) is 76.1 Å². The zero-order chi connectivity index (χ0) is 28.6. The normalized spacial score (nSPS) is 12.1. The topological polar surface area (TPSA) is 96.0 Å². The van der Waals surface area contributed by atoms with E-state index in [2.05, 4.69) is 5.32 Å². The van der Waals surface area contributed by atoms with Gasteiger partial charge in [-0.3, -0.25) is 13.9 Å². The quantitative estimate of drug-likeness (QED) is 0.364. The van der Waals surface area contributed by atoms with E-state index in [9.17, 15) is 18.0 Å². The Labute approximate surface area is 231 Å². The summed E-state index contributed by atoms with van der Waals surface area (Å²) in [5, 5.41) is 2.86. The van der Waals surface area contributed by atoms with Crippen LogP contribution in [0.4, 0.5) is 5.69 Å². The number of anilines is 1. The summed E-state index contributed by atoms with van der Waals surface area (Å²) in [5.41, 5.74) is 2.32. The molecule has 0 fully saturated rings. The number of hydrogen-bond acceptors (Lipinski definition) is 5. The Hall–Kier alpha value is -3.85. The Morgan fingerprint density at radius 2 is 1.51 bits per heavy atom. The van der Waals surface area contributed by atoms with Gasteiger partial charge in [0.2, 0.25) is 11.8 Å². The first-order valence-corrected chi connectivity index (χ1v) is 14.3. The average Bonchev–Trinajstić information content (AvgIpc) is 2.92. The molecule has 0 heterocycles. The van der Waals surface area contributed by atoms with E-state index < -0.39 is 28.5 Å². The third kappa shape index (κ3) is 7.83. The van der Waals surface area contributed by atoms with Gasteiger partial charge in [-0.1, -0.05) is 48.0 Å². The van der Waals surface area contributed by atoms with E-state index >= 15 is 0 Å². The largest absolute Gasteiger partial charge is 0.497 e. The van der Waals surface area contributed by atoms with Crippen molar-refractivity contribution in [3.05, 3.63) is 90.0 Å². The Kier molecular flexibility index (Phi) is 10.1. The maximum atomic E-state index is 13.8. The van der Waals surface area contributed by atoms with Crippen LogP contribution in [0.5, 0.6) is 5.75 Å². The number of ether oxygens (including phenoxy) is 1. The average molecular weight is 552 g/mol. The van der Waals surface area contributed by atoms with Gasteiger partial charge in [0.05, 0.1) is 17.7 Å². The lowest BCUT2D eigenvalue weighted by atomic mass is 10.1. The van der Waals surface area contributed by atoms with E-state index in [0.717, 1.165) is 15.4 Å². The van der Waals surface area contributed by atoms with Crippen molar-refractivity contribution in [2.75, 3.05) is 24.5 Å². The van der Waals surface area contributed by atoms with Crippen LogP contribution >= 0.6 is 0 Å². The summed E-state index contributed by atoms with van der Waals surface area (Å²) in [6, 6.07) is 21.7. The van der Waals surface area contributed by atoms with Crippen LogP contribution in [0.25, 0.3) is 0 Å². The number of aryl methyl sites for hydroxylation is 1. The molecular weight excluding hydrogens is 514 g/mol. The second kappa shape index (κ2) is 13.3. The fourth-order valence-corrected chi connectivity index (χ4v) is 5.50. The minimum Gasteiger partial charge on any atom is -0.497 e. The number of amides is 2. The van der Waals surface area contributed by atoms with Gasteiger partial charge in [-0.15, -0.1) is 0 Å². The van der Waals surface area contributed by atoms with Crippen LogP contribution in [0, 0.1) is 6.92 Å². The fourth-order valence-electron chi connectivity index (χ4n) is 4.09. The first-order valence-electron chi connectivity index (χ1n) is 12.9. The summed E-state index contributed by atoms with van der Waals surface area (Å²) in [6.45, 7) is 7.04. The van der Waals surface area contributed by atoms with Crippen LogP contribution in [0.3, 0.4) is 0 Å². The molecule has 1 atom stereocenters. The van der Waals surface area contributed by atoms with Gasteiger partial charge in [0, 0.05) is 12.6 Å². The zero-order valence-corrected chi connectivity index (χ0v) is 23.9. The van der Waals surface area contributed by atoms with E-state index in [0.29, 0.717) is 17.9 Å². The Balaban J connectivity index is 1.97. The van der Waals surface area contributed by atoms with Crippen LogP contribution in [0.1, 0.15) is 31.9 Å². The highest BCUT2D eigenvalue weighted by molar-refractivity contribution is 7.92. The minimum absolute atomic E-state index is 0.0260. The minimum atomic E-state index is -4.12. The van der Waals surface area contributed by atoms with Gasteiger partial charge >= 0.3 is 0 Å². The van der Waals surface area contributed by atoms with Crippen molar-refractivity contribution in [3.63, 3.8) is 0 Å². The Bertz CT molecular complexity index is 1340. The molecule has 3 aromatic carbocycles. The molecule has 3 rings (SSSR count). The smallest absolute Gasteiger partial charge is 0.264 e. The molecule has 0 spiro atoms. The molecule has 0 aromatic heterocycles. The number of hydrogen-bond donors (Lipinski definition) is 1. The fraction of sp³-hybridized carbons (Fsp3) is 0.333. The third-order valence-electron chi connectivity index (χ3n) is 6.33. The number of rotatable bonds is 12. The number of nitrogens with zero attached hydrogens (tertiary/aromatic N) is 2. The van der Waals surface area contributed by atoms with Crippen LogP contribution in [-0.2, 0) is 26.0 Å². The molecule has 0 aliphatic heterocycles. The van der Waals surface area contributed by atoms with Gasteiger partial charge in [0.25, 0.3) is 10.0 Å². The highest BCUT2D eigenvalue weighted by atomic mass is 32.2. The lowest BCUT2D eigenvalue weighted by molar-refractivity contribution is -0.139. The summed E-state index contributed by atoms with van der Waals surface area (Å²) < 4.78 is 33.9. The van der Waals surface area contributed by atoms with Crippen molar-refractivity contribution in [2.45, 2.75) is 51.1 Å². The summed E-state index contributed by atoms with van der Waals surface area (Å²) in [4.78, 5) is 28.3. The number of methoxy groups -OCH3 is 1. The predicted octanol–water partition coefficient (Wildman–Crippen LogP) is 4.18. The molecule has 0 unspecified atom stereocenters. The SMILES string of the molecule is COc1ccc(S(=O)(=O)N(CC(=O)N(CCc2ccccc2)[C@@H](C)C(=O)NC(C)C)c2ccc(C)cc2)cc1. The van der Waals surface area contributed by atoms with Crippen molar-refractivity contribution in [3.8, 4) is 5.75 Å². The van der Waals surface area contributed by atoms with Gasteiger partial charge in [0.15, 0.2) is 0 Å². The van der Waals surface area contributed by atoms with E-state index in [1.807, 2.05) is 51.1 Å². The lowest BCUT2D eigenvalue weighted by Crippen LogP contribution is -2.53. The van der Waals surface area contributed by atoms with Crippen LogP contribution in [0.2, 0.25) is 0 Å². The molecule has 9 heteroatoms. The molecule has 0 saturated carbocycles. The Morgan fingerprint density at radius 1 is 0.897 bits per heavy atom. The summed E-state index contributed by atoms with van der Waals surface area (Å²) >= 11 is 0. The van der Waals surface area contributed by atoms with Crippen molar-refractivity contribution in [2.24, 2.45) is 0 Å². The molecule has 0 radical (unpaired) electrons. The molecule has 0 aliphatic rings. The van der Waals surface area contributed by atoms with Crippen molar-refractivity contribution >= 4 is 27.5 Å². The van der Waals surface area contributed by atoms with Crippen LogP contribution in [-0.4, -0.2) is 57.4 Å². The van der Waals surface area contributed by atoms with Crippen molar-refractivity contribution in [1.82, 2.24) is 10.2 Å². The predicted molar refractivity (Wildman–Crippen MR) is 153 cm³/mol. The number of benzene rings is 3. The van der Waals surface area contributed by atoms with Gasteiger partial charge in [0.1, 0.15) is 18.3 Å². The van der Waals surface area contributed by atoms with Gasteiger partial charge in [-0.25, -0.2) is 8.42 Å². The molecule has 1 N–H and O–H groups in total. The van der Waals surface area contributed by atoms with Gasteiger partial charge in [-0.2, -0.15) is 0 Å². The standard InChI is InChI=1S/C30H37N3O5S/c1-22(2)31-30(35)24(4)32(20-19-25-9-7-6-8-10-25)29(34)21-33(26-13-11-23(3)12-14-26)39(36,37)28-17-15-27(38-5)16-18-28/h6-18,22,24H,19-21H2,1-5H3,(H,31,35)/t24-/m0/s1. The van der Waals surface area contributed by atoms with E-state index in [4.69, 9.17) is 4.74 Å². The van der Waals surface area contributed by atoms with Crippen molar-refractivity contribution < 1.29 is 22.7 Å². The molecule has 0 saturated heterocycles. The molecule has 39 heavy (non-hydrogen) atoms. The monoisotopic (exact) mass is 551 g/mol. The summed E-state index contributed by atoms with van der Waals surface area (Å²) in [7, 11) is -2.62. The second-order valence-corrected chi connectivity index (χ2v) is 11.5. The Morgan fingerprint density at radius 3 is 2.08 bits per heavy atom. The van der Waals surface area contributed by atoms with Crippen LogP contribution < -0.4 is 14.4 Å². The first-order chi connectivity index (χ1) is 18.5. The molecule has 208 valence electrons. The van der Waals surface area contributed by atoms with Gasteiger partial charge < -0.3 is 15.0 Å². The third-order valence-corrected chi connectivity index (χ3v) is 8.12. The van der Waals surface area contributed by atoms with Crippen LogP contribution in [0.15, 0.2) is 83.8 Å². The lowest BCUT2D eigenvalue weighted by Gasteiger charge is -2.32. The maximum Gasteiger partial charge on any atom is 0.264 e. The molecule has 0 bridgehead atoms.